The van der Waals surface area contributed by atoms with Gasteiger partial charge in [-0.15, -0.1) is 0 Å². The summed E-state index contributed by atoms with van der Waals surface area (Å²) in [6.45, 7) is 3.99. The minimum Gasteiger partial charge on any atom is -0.466 e. The second kappa shape index (κ2) is 8.67. The van der Waals surface area contributed by atoms with Gasteiger partial charge in [0.25, 0.3) is 0 Å². The van der Waals surface area contributed by atoms with Gasteiger partial charge < -0.3 is 23.7 Å². The Balaban J connectivity index is 1.75. The summed E-state index contributed by atoms with van der Waals surface area (Å²) in [6, 6.07) is 11.1. The van der Waals surface area contributed by atoms with Crippen LogP contribution in [0.2, 0.25) is 0 Å². The van der Waals surface area contributed by atoms with Crippen molar-refractivity contribution in [2.75, 3.05) is 20.0 Å². The van der Waals surface area contributed by atoms with Gasteiger partial charge in [-0.1, -0.05) is 12.1 Å². The maximum absolute atomic E-state index is 12.6. The fraction of sp³-hybridized carbons (Fsp3) is 0.348. The average molecular weight is 425 g/mol. The summed E-state index contributed by atoms with van der Waals surface area (Å²) in [5.74, 6) is -1.17. The molecule has 2 heterocycles. The summed E-state index contributed by atoms with van der Waals surface area (Å²) < 4.78 is 26.7. The topological polar surface area (TPSA) is 104 Å². The van der Waals surface area contributed by atoms with Crippen LogP contribution in [0.15, 0.2) is 36.4 Å². The Morgan fingerprint density at radius 1 is 0.968 bits per heavy atom. The highest BCUT2D eigenvalue weighted by atomic mass is 16.7. The molecule has 0 saturated carbocycles. The summed E-state index contributed by atoms with van der Waals surface area (Å²) in [4.78, 5) is 24.9. The number of ether oxygens (including phenoxy) is 5. The average Bonchev–Trinajstić information content (AvgIpc) is 3.21. The minimum absolute atomic E-state index is 0.0688. The van der Waals surface area contributed by atoms with E-state index in [1.165, 1.54) is 0 Å². The monoisotopic (exact) mass is 425 g/mol. The van der Waals surface area contributed by atoms with Gasteiger partial charge in [-0.3, -0.25) is 15.0 Å². The van der Waals surface area contributed by atoms with Crippen molar-refractivity contribution in [1.82, 2.24) is 0 Å². The van der Waals surface area contributed by atoms with E-state index in [1.807, 2.05) is 30.3 Å². The molecule has 0 bridgehead atoms. The molecule has 2 aromatic carbocycles. The van der Waals surface area contributed by atoms with E-state index in [1.54, 1.807) is 19.9 Å². The number of carbonyl (C=O) groups is 2. The molecule has 2 aliphatic heterocycles. The van der Waals surface area contributed by atoms with Gasteiger partial charge in [0.15, 0.2) is 11.5 Å². The Kier molecular flexibility index (Phi) is 5.79. The quantitative estimate of drug-likeness (QED) is 0.704. The van der Waals surface area contributed by atoms with Crippen LogP contribution in [0, 0.1) is 11.3 Å². The van der Waals surface area contributed by atoms with E-state index in [9.17, 15) is 9.59 Å². The highest BCUT2D eigenvalue weighted by molar-refractivity contribution is 6.00. The molecule has 2 aromatic rings. The molecule has 0 aliphatic carbocycles. The molecule has 0 saturated heterocycles. The van der Waals surface area contributed by atoms with Crippen LogP contribution in [0.3, 0.4) is 0 Å². The molecule has 2 unspecified atom stereocenters. The largest absolute Gasteiger partial charge is 0.466 e. The van der Waals surface area contributed by atoms with Crippen LogP contribution in [-0.4, -0.2) is 37.8 Å². The molecule has 0 fully saturated rings. The molecular weight excluding hydrogens is 402 g/mol. The SMILES string of the molecule is CCOC(=O)CC1c2cc(-c3ccc4c(c3)OCO4)ccc2OC(=N)C1C(=O)OCC. The Morgan fingerprint density at radius 2 is 1.65 bits per heavy atom. The number of esters is 2. The number of benzene rings is 2. The number of nitrogens with one attached hydrogen (secondary N) is 1. The van der Waals surface area contributed by atoms with Gasteiger partial charge in [-0.2, -0.15) is 0 Å². The summed E-state index contributed by atoms with van der Waals surface area (Å²) in [7, 11) is 0. The molecule has 8 heteroatoms. The zero-order valence-electron chi connectivity index (χ0n) is 17.3. The van der Waals surface area contributed by atoms with Crippen LogP contribution in [0.5, 0.6) is 17.2 Å². The lowest BCUT2D eigenvalue weighted by Gasteiger charge is -2.32. The maximum Gasteiger partial charge on any atom is 0.319 e. The van der Waals surface area contributed by atoms with Crippen LogP contribution in [0.25, 0.3) is 11.1 Å². The van der Waals surface area contributed by atoms with Crippen LogP contribution >= 0.6 is 0 Å². The molecule has 4 rings (SSSR count). The summed E-state index contributed by atoms with van der Waals surface area (Å²) in [5, 5.41) is 8.26. The van der Waals surface area contributed by atoms with Crippen LogP contribution < -0.4 is 14.2 Å². The number of carbonyl (C=O) groups excluding carboxylic acids is 2. The highest BCUT2D eigenvalue weighted by Crippen LogP contribution is 2.44. The van der Waals surface area contributed by atoms with Gasteiger partial charge in [-0.25, -0.2) is 0 Å². The lowest BCUT2D eigenvalue weighted by atomic mass is 9.80. The smallest absolute Gasteiger partial charge is 0.319 e. The van der Waals surface area contributed by atoms with Gasteiger partial charge in [-0.05, 0) is 49.2 Å². The molecule has 2 aliphatic rings. The first-order valence-corrected chi connectivity index (χ1v) is 10.1. The molecule has 31 heavy (non-hydrogen) atoms. The van der Waals surface area contributed by atoms with E-state index in [2.05, 4.69) is 0 Å². The van der Waals surface area contributed by atoms with Crippen molar-refractivity contribution in [1.29, 1.82) is 5.41 Å². The third-order valence-electron chi connectivity index (χ3n) is 5.25. The highest BCUT2D eigenvalue weighted by Gasteiger charge is 2.42. The number of rotatable bonds is 6. The first-order valence-electron chi connectivity index (χ1n) is 10.1. The van der Waals surface area contributed by atoms with E-state index in [4.69, 9.17) is 29.1 Å². The van der Waals surface area contributed by atoms with Gasteiger partial charge in [0.2, 0.25) is 12.7 Å². The Morgan fingerprint density at radius 3 is 2.39 bits per heavy atom. The zero-order chi connectivity index (χ0) is 22.0. The molecule has 0 radical (unpaired) electrons. The zero-order valence-corrected chi connectivity index (χ0v) is 17.3. The van der Waals surface area contributed by atoms with Gasteiger partial charge in [0.1, 0.15) is 11.7 Å². The predicted octanol–water partition coefficient (Wildman–Crippen LogP) is 3.67. The summed E-state index contributed by atoms with van der Waals surface area (Å²) in [5.41, 5.74) is 2.39. The molecular formula is C23H23NO7. The summed E-state index contributed by atoms with van der Waals surface area (Å²) in [6.07, 6.45) is -0.0688. The molecule has 162 valence electrons. The normalized spacial score (nSPS) is 18.7. The van der Waals surface area contributed by atoms with Crippen molar-refractivity contribution < 1.29 is 33.3 Å². The molecule has 0 aromatic heterocycles. The predicted molar refractivity (Wildman–Crippen MR) is 110 cm³/mol. The van der Waals surface area contributed by atoms with E-state index in [0.29, 0.717) is 22.8 Å². The van der Waals surface area contributed by atoms with Crippen molar-refractivity contribution in [2.45, 2.75) is 26.2 Å². The van der Waals surface area contributed by atoms with Crippen LogP contribution in [-0.2, 0) is 19.1 Å². The first kappa shape index (κ1) is 20.7. The second-order valence-corrected chi connectivity index (χ2v) is 7.13. The van der Waals surface area contributed by atoms with Crippen molar-refractivity contribution in [3.8, 4) is 28.4 Å². The third kappa shape index (κ3) is 4.05. The second-order valence-electron chi connectivity index (χ2n) is 7.13. The van der Waals surface area contributed by atoms with E-state index in [-0.39, 0.29) is 32.3 Å². The molecule has 0 spiro atoms. The third-order valence-corrected chi connectivity index (χ3v) is 5.25. The Labute approximate surface area is 179 Å². The summed E-state index contributed by atoms with van der Waals surface area (Å²) >= 11 is 0. The lowest BCUT2D eigenvalue weighted by Crippen LogP contribution is -2.39. The Hall–Kier alpha value is -3.55. The fourth-order valence-electron chi connectivity index (χ4n) is 3.86. The van der Waals surface area contributed by atoms with Crippen molar-refractivity contribution in [2.24, 2.45) is 5.92 Å². The maximum atomic E-state index is 12.6. The van der Waals surface area contributed by atoms with Gasteiger partial charge in [0.05, 0.1) is 19.6 Å². The van der Waals surface area contributed by atoms with Crippen molar-refractivity contribution in [3.63, 3.8) is 0 Å². The van der Waals surface area contributed by atoms with Crippen LogP contribution in [0.4, 0.5) is 0 Å². The van der Waals surface area contributed by atoms with E-state index in [0.717, 1.165) is 11.1 Å². The van der Waals surface area contributed by atoms with Crippen LogP contribution in [0.1, 0.15) is 31.7 Å². The molecule has 2 atom stereocenters. The number of hydrogen-bond acceptors (Lipinski definition) is 8. The van der Waals surface area contributed by atoms with Gasteiger partial charge >= 0.3 is 11.9 Å². The van der Waals surface area contributed by atoms with Gasteiger partial charge in [0, 0.05) is 11.5 Å². The molecule has 1 N–H and O–H groups in total. The van der Waals surface area contributed by atoms with E-state index >= 15 is 0 Å². The first-order chi connectivity index (χ1) is 15.0. The Bertz CT molecular complexity index is 1030. The fourth-order valence-corrected chi connectivity index (χ4v) is 3.86. The standard InChI is InChI=1S/C23H23NO7/c1-3-27-20(25)11-16-15-9-13(14-6-8-18-19(10-14)30-12-29-18)5-7-17(15)31-22(24)21(16)23(26)28-4-2/h5-10,16,21,24H,3-4,11-12H2,1-2H3. The lowest BCUT2D eigenvalue weighted by molar-refractivity contribution is -0.148. The minimum atomic E-state index is -1.02. The van der Waals surface area contributed by atoms with Crippen molar-refractivity contribution >= 4 is 17.8 Å². The van der Waals surface area contributed by atoms with E-state index < -0.39 is 23.8 Å². The number of hydrogen-bond donors (Lipinski definition) is 1. The number of fused-ring (bicyclic) bond motifs is 2. The molecule has 0 amide bonds. The molecule has 8 nitrogen and oxygen atoms in total. The van der Waals surface area contributed by atoms with Crippen molar-refractivity contribution in [3.05, 3.63) is 42.0 Å².